The minimum atomic E-state index is 0.750. The summed E-state index contributed by atoms with van der Waals surface area (Å²) in [6.07, 6.45) is 4.44. The third kappa shape index (κ3) is 4.24. The lowest BCUT2D eigenvalue weighted by atomic mass is 10.2. The Morgan fingerprint density at radius 3 is 2.47 bits per heavy atom. The molecule has 0 atom stereocenters. The Morgan fingerprint density at radius 1 is 1.07 bits per heavy atom. The van der Waals surface area contributed by atoms with Gasteiger partial charge in [0.1, 0.15) is 0 Å². The fourth-order valence-electron chi connectivity index (χ4n) is 1.38. The molecule has 1 aromatic carbocycles. The van der Waals surface area contributed by atoms with Crippen molar-refractivity contribution in [3.8, 4) is 11.5 Å². The van der Waals surface area contributed by atoms with Crippen LogP contribution in [-0.2, 0) is 0 Å². The van der Waals surface area contributed by atoms with Crippen LogP contribution in [0.4, 0.5) is 0 Å². The van der Waals surface area contributed by atoms with E-state index >= 15 is 0 Å². The molecule has 0 amide bonds. The summed E-state index contributed by atoms with van der Waals surface area (Å²) in [7, 11) is 1.66. The van der Waals surface area contributed by atoms with Crippen molar-refractivity contribution in [1.29, 1.82) is 0 Å². The minimum Gasteiger partial charge on any atom is -0.493 e. The standard InChI is InChI=1S/C13H19O2/c1-3-4-5-8-11-15-13-10-7-6-9-12(13)14-2/h6-7,9-10H,1,3-5,8,11H2,2H3. The summed E-state index contributed by atoms with van der Waals surface area (Å²) in [6, 6.07) is 7.73. The molecule has 0 spiro atoms. The summed E-state index contributed by atoms with van der Waals surface area (Å²) in [5, 5.41) is 0. The second kappa shape index (κ2) is 7.16. The number of unbranched alkanes of at least 4 members (excludes halogenated alkanes) is 3. The van der Waals surface area contributed by atoms with Crippen molar-refractivity contribution in [2.45, 2.75) is 25.7 Å². The molecule has 15 heavy (non-hydrogen) atoms. The van der Waals surface area contributed by atoms with Crippen molar-refractivity contribution in [3.05, 3.63) is 31.2 Å². The molecule has 0 bridgehead atoms. The Kier molecular flexibility index (Phi) is 5.67. The molecule has 0 saturated carbocycles. The first-order chi connectivity index (χ1) is 7.38. The van der Waals surface area contributed by atoms with Gasteiger partial charge in [0.15, 0.2) is 11.5 Å². The van der Waals surface area contributed by atoms with Crippen LogP contribution in [0.2, 0.25) is 0 Å². The molecule has 1 rings (SSSR count). The van der Waals surface area contributed by atoms with Gasteiger partial charge in [-0.05, 0) is 18.6 Å². The van der Waals surface area contributed by atoms with Crippen molar-refractivity contribution in [3.63, 3.8) is 0 Å². The molecule has 2 nitrogen and oxygen atoms in total. The lowest BCUT2D eigenvalue weighted by molar-refractivity contribution is 0.285. The van der Waals surface area contributed by atoms with Crippen LogP contribution in [0.15, 0.2) is 24.3 Å². The number of rotatable bonds is 7. The molecule has 0 aromatic heterocycles. The van der Waals surface area contributed by atoms with Crippen molar-refractivity contribution in [2.75, 3.05) is 13.7 Å². The van der Waals surface area contributed by atoms with Gasteiger partial charge in [-0.25, -0.2) is 0 Å². The van der Waals surface area contributed by atoms with Gasteiger partial charge in [-0.3, -0.25) is 0 Å². The fourth-order valence-corrected chi connectivity index (χ4v) is 1.38. The van der Waals surface area contributed by atoms with Crippen molar-refractivity contribution in [1.82, 2.24) is 0 Å². The van der Waals surface area contributed by atoms with E-state index in [-0.39, 0.29) is 0 Å². The molecule has 0 aliphatic heterocycles. The third-order valence-corrected chi connectivity index (χ3v) is 2.22. The quantitative estimate of drug-likeness (QED) is 0.637. The maximum absolute atomic E-state index is 5.63. The second-order valence-electron chi connectivity index (χ2n) is 3.41. The number of benzene rings is 1. The monoisotopic (exact) mass is 207 g/mol. The van der Waals surface area contributed by atoms with Gasteiger partial charge in [-0.2, -0.15) is 0 Å². The first-order valence-corrected chi connectivity index (χ1v) is 5.43. The normalized spacial score (nSPS) is 10.0. The lowest BCUT2D eigenvalue weighted by Crippen LogP contribution is -1.98. The van der Waals surface area contributed by atoms with E-state index in [4.69, 9.17) is 9.47 Å². The molecular weight excluding hydrogens is 188 g/mol. The lowest BCUT2D eigenvalue weighted by Gasteiger charge is -2.09. The smallest absolute Gasteiger partial charge is 0.161 e. The maximum Gasteiger partial charge on any atom is 0.161 e. The first kappa shape index (κ1) is 11.9. The summed E-state index contributed by atoms with van der Waals surface area (Å²) in [5.74, 6) is 1.63. The third-order valence-electron chi connectivity index (χ3n) is 2.22. The summed E-state index contributed by atoms with van der Waals surface area (Å²) in [6.45, 7) is 4.56. The number of methoxy groups -OCH3 is 1. The predicted molar refractivity (Wildman–Crippen MR) is 62.3 cm³/mol. The second-order valence-corrected chi connectivity index (χ2v) is 3.41. The zero-order valence-electron chi connectivity index (χ0n) is 9.37. The van der Waals surface area contributed by atoms with Gasteiger partial charge in [-0.1, -0.05) is 38.3 Å². The fraction of sp³-hybridized carbons (Fsp3) is 0.462. The Labute approximate surface area is 92.2 Å². The van der Waals surface area contributed by atoms with Crippen LogP contribution in [0.25, 0.3) is 0 Å². The van der Waals surface area contributed by atoms with Gasteiger partial charge in [0.05, 0.1) is 13.7 Å². The van der Waals surface area contributed by atoms with Gasteiger partial charge in [0.25, 0.3) is 0 Å². The molecule has 0 heterocycles. The van der Waals surface area contributed by atoms with E-state index in [9.17, 15) is 0 Å². The predicted octanol–water partition coefficient (Wildman–Crippen LogP) is 3.47. The Bertz CT molecular complexity index is 271. The van der Waals surface area contributed by atoms with Crippen LogP contribution in [-0.4, -0.2) is 13.7 Å². The zero-order chi connectivity index (χ0) is 10.9. The van der Waals surface area contributed by atoms with Crippen LogP contribution >= 0.6 is 0 Å². The molecule has 83 valence electrons. The van der Waals surface area contributed by atoms with Crippen LogP contribution in [0.3, 0.4) is 0 Å². The van der Waals surface area contributed by atoms with Gasteiger partial charge in [-0.15, -0.1) is 0 Å². The largest absolute Gasteiger partial charge is 0.493 e. The SMILES string of the molecule is [CH2]CCCCCOc1ccccc1OC. The molecule has 1 aromatic rings. The van der Waals surface area contributed by atoms with E-state index in [1.165, 1.54) is 12.8 Å². The van der Waals surface area contributed by atoms with Gasteiger partial charge in [0, 0.05) is 0 Å². The minimum absolute atomic E-state index is 0.750. The Balaban J connectivity index is 2.30. The van der Waals surface area contributed by atoms with E-state index in [0.29, 0.717) is 0 Å². The highest BCUT2D eigenvalue weighted by molar-refractivity contribution is 5.39. The number of hydrogen-bond acceptors (Lipinski definition) is 2. The zero-order valence-corrected chi connectivity index (χ0v) is 9.37. The van der Waals surface area contributed by atoms with E-state index < -0.39 is 0 Å². The highest BCUT2D eigenvalue weighted by Gasteiger charge is 2.01. The van der Waals surface area contributed by atoms with Crippen LogP contribution in [0.5, 0.6) is 11.5 Å². The van der Waals surface area contributed by atoms with Crippen molar-refractivity contribution < 1.29 is 9.47 Å². The molecule has 0 aliphatic carbocycles. The molecule has 0 aliphatic rings. The average Bonchev–Trinajstić information content (AvgIpc) is 2.29. The first-order valence-electron chi connectivity index (χ1n) is 5.43. The summed E-state index contributed by atoms with van der Waals surface area (Å²) < 4.78 is 10.8. The highest BCUT2D eigenvalue weighted by Crippen LogP contribution is 2.25. The summed E-state index contributed by atoms with van der Waals surface area (Å²) in [4.78, 5) is 0. The van der Waals surface area contributed by atoms with E-state index in [1.54, 1.807) is 7.11 Å². The molecule has 0 N–H and O–H groups in total. The molecule has 0 fully saturated rings. The molecule has 0 saturated heterocycles. The Hall–Kier alpha value is -1.18. The number of ether oxygens (including phenoxy) is 2. The van der Waals surface area contributed by atoms with E-state index in [0.717, 1.165) is 30.9 Å². The number of hydrogen-bond donors (Lipinski definition) is 0. The molecule has 2 heteroatoms. The maximum atomic E-state index is 5.63. The van der Waals surface area contributed by atoms with Crippen LogP contribution in [0, 0.1) is 6.92 Å². The molecular formula is C13H19O2. The summed E-state index contributed by atoms with van der Waals surface area (Å²) in [5.41, 5.74) is 0. The van der Waals surface area contributed by atoms with E-state index in [1.807, 2.05) is 24.3 Å². The molecule has 0 unspecified atom stereocenters. The van der Waals surface area contributed by atoms with Crippen LogP contribution < -0.4 is 9.47 Å². The van der Waals surface area contributed by atoms with Crippen molar-refractivity contribution >= 4 is 0 Å². The topological polar surface area (TPSA) is 18.5 Å². The molecule has 1 radical (unpaired) electrons. The highest BCUT2D eigenvalue weighted by atomic mass is 16.5. The van der Waals surface area contributed by atoms with Gasteiger partial charge < -0.3 is 9.47 Å². The summed E-state index contributed by atoms with van der Waals surface area (Å²) >= 11 is 0. The van der Waals surface area contributed by atoms with E-state index in [2.05, 4.69) is 6.92 Å². The van der Waals surface area contributed by atoms with Crippen LogP contribution in [0.1, 0.15) is 25.7 Å². The van der Waals surface area contributed by atoms with Gasteiger partial charge in [0.2, 0.25) is 0 Å². The number of para-hydroxylation sites is 2. The Morgan fingerprint density at radius 2 is 1.80 bits per heavy atom. The van der Waals surface area contributed by atoms with Crippen molar-refractivity contribution in [2.24, 2.45) is 0 Å². The average molecular weight is 207 g/mol. The van der Waals surface area contributed by atoms with Gasteiger partial charge >= 0.3 is 0 Å².